The molecule has 1 aromatic carbocycles. The first-order chi connectivity index (χ1) is 15.7. The summed E-state index contributed by atoms with van der Waals surface area (Å²) in [5, 5.41) is 7.09. The molecule has 3 rings (SSSR count). The van der Waals surface area contributed by atoms with Crippen molar-refractivity contribution in [3.63, 3.8) is 0 Å². The van der Waals surface area contributed by atoms with Gasteiger partial charge in [0, 0.05) is 23.7 Å². The second kappa shape index (κ2) is 11.3. The van der Waals surface area contributed by atoms with Gasteiger partial charge in [-0.25, -0.2) is 0 Å². The Hall–Kier alpha value is -2.22. The molecule has 2 aromatic rings. The van der Waals surface area contributed by atoms with E-state index in [2.05, 4.69) is 22.0 Å². The zero-order valence-corrected chi connectivity index (χ0v) is 20.1. The van der Waals surface area contributed by atoms with Crippen LogP contribution in [0.5, 0.6) is 11.5 Å². The van der Waals surface area contributed by atoms with E-state index in [1.54, 1.807) is 6.20 Å². The van der Waals surface area contributed by atoms with Gasteiger partial charge >= 0.3 is 6.18 Å². The van der Waals surface area contributed by atoms with Crippen LogP contribution in [0.15, 0.2) is 18.3 Å². The Morgan fingerprint density at radius 1 is 1.18 bits per heavy atom. The maximum atomic E-state index is 14.0. The number of H-pyrrole nitrogens is 1. The number of hydrogen-bond acceptors (Lipinski definition) is 4. The average molecular weight is 468 g/mol. The lowest BCUT2D eigenvalue weighted by molar-refractivity contribution is -0.139. The zero-order valence-electron chi connectivity index (χ0n) is 20.1. The lowest BCUT2D eigenvalue weighted by atomic mass is 10.0. The van der Waals surface area contributed by atoms with Crippen LogP contribution >= 0.6 is 0 Å². The fourth-order valence-corrected chi connectivity index (χ4v) is 4.10. The topological polar surface area (TPSA) is 50.4 Å². The molecule has 0 radical (unpaired) electrons. The molecule has 1 aromatic heterocycles. The summed E-state index contributed by atoms with van der Waals surface area (Å²) in [7, 11) is 2.01. The van der Waals surface area contributed by atoms with Crippen molar-refractivity contribution in [3.05, 3.63) is 29.5 Å². The lowest BCUT2D eigenvalue weighted by Crippen LogP contribution is -2.19. The van der Waals surface area contributed by atoms with E-state index in [0.717, 1.165) is 56.7 Å². The van der Waals surface area contributed by atoms with Gasteiger partial charge in [-0.2, -0.15) is 18.3 Å². The highest BCUT2D eigenvalue weighted by Crippen LogP contribution is 2.44. The van der Waals surface area contributed by atoms with E-state index >= 15 is 0 Å². The summed E-state index contributed by atoms with van der Waals surface area (Å²) in [6.07, 6.45) is 3.20. The Balaban J connectivity index is 2.04. The summed E-state index contributed by atoms with van der Waals surface area (Å²) in [4.78, 5) is 2.15. The van der Waals surface area contributed by atoms with Crippen LogP contribution in [0.4, 0.5) is 13.2 Å². The molecule has 33 heavy (non-hydrogen) atoms. The molecule has 0 amide bonds. The minimum atomic E-state index is -4.55. The smallest absolute Gasteiger partial charge is 0.419 e. The van der Waals surface area contributed by atoms with Gasteiger partial charge in [0.1, 0.15) is 11.5 Å². The Bertz CT molecular complexity index is 890. The van der Waals surface area contributed by atoms with E-state index in [1.165, 1.54) is 6.07 Å². The minimum Gasteiger partial charge on any atom is -0.493 e. The Kier molecular flexibility index (Phi) is 8.68. The number of halogens is 3. The SMILES string of the molecule is CCCCN(C)Cc1cn[nH]c1-c1cc(C(F)(F)F)c(OCC(C)C)cc1OC1CCCC1. The molecule has 0 bridgehead atoms. The minimum absolute atomic E-state index is 0.00275. The van der Waals surface area contributed by atoms with E-state index < -0.39 is 11.7 Å². The number of alkyl halides is 3. The van der Waals surface area contributed by atoms with Crippen molar-refractivity contribution in [1.29, 1.82) is 0 Å². The molecule has 5 nitrogen and oxygen atoms in total. The number of nitrogens with zero attached hydrogens (tertiary/aromatic N) is 2. The maximum Gasteiger partial charge on any atom is 0.419 e. The zero-order chi connectivity index (χ0) is 24.0. The first kappa shape index (κ1) is 25.4. The third kappa shape index (κ3) is 6.88. The molecule has 0 aliphatic heterocycles. The van der Waals surface area contributed by atoms with Crippen LogP contribution in [0.3, 0.4) is 0 Å². The molecule has 0 unspecified atom stereocenters. The fourth-order valence-electron chi connectivity index (χ4n) is 4.10. The molecule has 1 saturated carbocycles. The van der Waals surface area contributed by atoms with Gasteiger partial charge < -0.3 is 14.4 Å². The van der Waals surface area contributed by atoms with Crippen molar-refractivity contribution < 1.29 is 22.6 Å². The number of rotatable bonds is 11. The van der Waals surface area contributed by atoms with E-state index in [0.29, 0.717) is 23.6 Å². The van der Waals surface area contributed by atoms with Gasteiger partial charge in [-0.1, -0.05) is 27.2 Å². The molecule has 184 valence electrons. The summed E-state index contributed by atoms with van der Waals surface area (Å²) < 4.78 is 53.9. The number of ether oxygens (including phenoxy) is 2. The summed E-state index contributed by atoms with van der Waals surface area (Å²) in [5.74, 6) is 0.326. The van der Waals surface area contributed by atoms with Gasteiger partial charge in [0.2, 0.25) is 0 Å². The Labute approximate surface area is 194 Å². The van der Waals surface area contributed by atoms with Gasteiger partial charge in [0.05, 0.1) is 30.2 Å². The van der Waals surface area contributed by atoms with Crippen molar-refractivity contribution in [2.24, 2.45) is 5.92 Å². The predicted molar refractivity (Wildman–Crippen MR) is 123 cm³/mol. The van der Waals surface area contributed by atoms with Crippen LogP contribution < -0.4 is 9.47 Å². The number of aromatic nitrogens is 2. The van der Waals surface area contributed by atoms with E-state index in [-0.39, 0.29) is 24.4 Å². The quantitative estimate of drug-likeness (QED) is 0.400. The Morgan fingerprint density at radius 3 is 2.55 bits per heavy atom. The van der Waals surface area contributed by atoms with Crippen molar-refractivity contribution in [2.45, 2.75) is 78.1 Å². The summed E-state index contributed by atoms with van der Waals surface area (Å²) in [6.45, 7) is 7.63. The molecule has 0 atom stereocenters. The predicted octanol–water partition coefficient (Wildman–Crippen LogP) is 6.68. The van der Waals surface area contributed by atoms with Crippen molar-refractivity contribution in [2.75, 3.05) is 20.2 Å². The largest absolute Gasteiger partial charge is 0.493 e. The molecule has 1 N–H and O–H groups in total. The molecular weight excluding hydrogens is 431 g/mol. The van der Waals surface area contributed by atoms with Gasteiger partial charge in [-0.05, 0) is 57.7 Å². The molecule has 1 aliphatic rings. The number of hydrogen-bond donors (Lipinski definition) is 1. The molecule has 0 spiro atoms. The van der Waals surface area contributed by atoms with Gasteiger partial charge in [-0.15, -0.1) is 0 Å². The molecule has 0 saturated heterocycles. The van der Waals surface area contributed by atoms with Crippen LogP contribution in [0.2, 0.25) is 0 Å². The highest BCUT2D eigenvalue weighted by atomic mass is 19.4. The fraction of sp³-hybridized carbons (Fsp3) is 0.640. The van der Waals surface area contributed by atoms with Crippen LogP contribution in [-0.2, 0) is 12.7 Å². The number of nitrogens with one attached hydrogen (secondary N) is 1. The normalized spacial score (nSPS) is 15.1. The second-order valence-corrected chi connectivity index (χ2v) is 9.43. The summed E-state index contributed by atoms with van der Waals surface area (Å²) >= 11 is 0. The molecular formula is C25H36F3N3O2. The molecule has 1 fully saturated rings. The van der Waals surface area contributed by atoms with Crippen molar-refractivity contribution in [1.82, 2.24) is 15.1 Å². The first-order valence-electron chi connectivity index (χ1n) is 11.9. The monoisotopic (exact) mass is 467 g/mol. The summed E-state index contributed by atoms with van der Waals surface area (Å²) in [6, 6.07) is 2.58. The van der Waals surface area contributed by atoms with Gasteiger partial charge in [-0.3, -0.25) is 5.10 Å². The van der Waals surface area contributed by atoms with Gasteiger partial charge in [0.15, 0.2) is 0 Å². The second-order valence-electron chi connectivity index (χ2n) is 9.43. The third-order valence-electron chi connectivity index (χ3n) is 5.88. The first-order valence-corrected chi connectivity index (χ1v) is 11.9. The number of benzene rings is 1. The Morgan fingerprint density at radius 2 is 1.91 bits per heavy atom. The van der Waals surface area contributed by atoms with Crippen molar-refractivity contribution >= 4 is 0 Å². The maximum absolute atomic E-state index is 14.0. The van der Waals surface area contributed by atoms with Gasteiger partial charge in [0.25, 0.3) is 0 Å². The standard InChI is InChI=1S/C25H36F3N3O2/c1-5-6-11-31(4)15-18-14-29-30-24(18)20-12-21(25(26,27)28)23(32-16-17(2)3)13-22(20)33-19-9-7-8-10-19/h12-14,17,19H,5-11,15-16H2,1-4H3,(H,29,30). The lowest BCUT2D eigenvalue weighted by Gasteiger charge is -2.22. The van der Waals surface area contributed by atoms with Crippen LogP contribution in [-0.4, -0.2) is 41.4 Å². The van der Waals surface area contributed by atoms with Crippen molar-refractivity contribution in [3.8, 4) is 22.8 Å². The van der Waals surface area contributed by atoms with Crippen LogP contribution in [0, 0.1) is 5.92 Å². The van der Waals surface area contributed by atoms with Crippen LogP contribution in [0.1, 0.15) is 70.4 Å². The molecule has 1 heterocycles. The number of aromatic amines is 1. The molecule has 8 heteroatoms. The number of unbranched alkanes of at least 4 members (excludes halogenated alkanes) is 1. The van der Waals surface area contributed by atoms with E-state index in [4.69, 9.17) is 9.47 Å². The van der Waals surface area contributed by atoms with E-state index in [9.17, 15) is 13.2 Å². The van der Waals surface area contributed by atoms with E-state index in [1.807, 2.05) is 20.9 Å². The van der Waals surface area contributed by atoms with Crippen LogP contribution in [0.25, 0.3) is 11.3 Å². The average Bonchev–Trinajstić information content (AvgIpc) is 3.42. The summed E-state index contributed by atoms with van der Waals surface area (Å²) in [5.41, 5.74) is 0.987. The third-order valence-corrected chi connectivity index (χ3v) is 5.88. The highest BCUT2D eigenvalue weighted by molar-refractivity contribution is 5.73. The highest BCUT2D eigenvalue weighted by Gasteiger charge is 2.37. The molecule has 1 aliphatic carbocycles.